The molecule has 10 heteroatoms. The van der Waals surface area contributed by atoms with Crippen LogP contribution >= 0.6 is 23.2 Å². The van der Waals surface area contributed by atoms with Crippen molar-refractivity contribution in [3.05, 3.63) is 81.9 Å². The van der Waals surface area contributed by atoms with Crippen LogP contribution in [0.1, 0.15) is 57.6 Å². The van der Waals surface area contributed by atoms with Gasteiger partial charge in [-0.2, -0.15) is 0 Å². The van der Waals surface area contributed by atoms with Gasteiger partial charge < -0.3 is 25.8 Å². The Morgan fingerprint density at radius 1 is 1.27 bits per heavy atom. The van der Waals surface area contributed by atoms with Gasteiger partial charge in [-0.1, -0.05) is 61.3 Å². The summed E-state index contributed by atoms with van der Waals surface area (Å²) < 4.78 is 42.7. The molecule has 0 saturated carbocycles. The molecular weight excluding hydrogens is 559 g/mol. The minimum absolute atomic E-state index is 0.116. The number of hydrogen-bond acceptors (Lipinski definition) is 5. The summed E-state index contributed by atoms with van der Waals surface area (Å²) in [5.74, 6) is -3.44. The van der Waals surface area contributed by atoms with Gasteiger partial charge in [-0.05, 0) is 55.9 Å². The van der Waals surface area contributed by atoms with Crippen molar-refractivity contribution >= 4 is 29.1 Å². The number of nitrogens with two attached hydrogens (primary N) is 1. The first-order valence-corrected chi connectivity index (χ1v) is 14.1. The van der Waals surface area contributed by atoms with Crippen molar-refractivity contribution in [1.82, 2.24) is 10.6 Å². The van der Waals surface area contributed by atoms with Crippen LogP contribution in [-0.4, -0.2) is 43.0 Å². The van der Waals surface area contributed by atoms with Crippen LogP contribution in [-0.2, 0) is 19.8 Å². The molecule has 2 aliphatic heterocycles. The average Bonchev–Trinajstić information content (AvgIpc) is 3.36. The number of benzene rings is 2. The first-order chi connectivity index (χ1) is 18.7. The second-order valence-corrected chi connectivity index (χ2v) is 12.6. The molecule has 5 atom stereocenters. The van der Waals surface area contributed by atoms with Gasteiger partial charge in [-0.15, -0.1) is 6.58 Å². The highest BCUT2D eigenvalue weighted by Gasteiger charge is 2.58. The Kier molecular flexibility index (Phi) is 9.00. The lowest BCUT2D eigenvalue weighted by Crippen LogP contribution is -2.52. The van der Waals surface area contributed by atoms with Gasteiger partial charge in [0.05, 0.1) is 29.3 Å². The van der Waals surface area contributed by atoms with Gasteiger partial charge in [0, 0.05) is 29.1 Å². The first kappa shape index (κ1) is 30.9. The zero-order valence-corrected chi connectivity index (χ0v) is 24.7. The molecule has 2 aromatic rings. The van der Waals surface area contributed by atoms with Crippen molar-refractivity contribution in [1.29, 1.82) is 0 Å². The topological polar surface area (TPSA) is 85.6 Å². The van der Waals surface area contributed by atoms with Crippen molar-refractivity contribution in [2.75, 3.05) is 13.2 Å². The molecule has 218 valence electrons. The molecule has 2 aromatic carbocycles. The van der Waals surface area contributed by atoms with E-state index in [1.165, 1.54) is 30.3 Å². The van der Waals surface area contributed by atoms with E-state index in [4.69, 9.17) is 38.4 Å². The van der Waals surface area contributed by atoms with Crippen LogP contribution in [0.15, 0.2) is 49.1 Å². The van der Waals surface area contributed by atoms with Crippen molar-refractivity contribution in [3.8, 4) is 0 Å². The third-order valence-electron chi connectivity index (χ3n) is 7.92. The highest BCUT2D eigenvalue weighted by Crippen LogP contribution is 2.50. The highest BCUT2D eigenvalue weighted by molar-refractivity contribution is 6.31. The lowest BCUT2D eigenvalue weighted by Gasteiger charge is -2.40. The summed E-state index contributed by atoms with van der Waals surface area (Å²) in [5.41, 5.74) is 5.44. The van der Waals surface area contributed by atoms with Crippen LogP contribution < -0.4 is 16.4 Å². The number of carbonyl (C=O) groups excluding carboxylic acids is 1. The van der Waals surface area contributed by atoms with Crippen LogP contribution in [0, 0.1) is 17.0 Å². The normalized spacial score (nSPS) is 28.0. The van der Waals surface area contributed by atoms with E-state index in [-0.39, 0.29) is 27.3 Å². The predicted octanol–water partition coefficient (Wildman–Crippen LogP) is 5.81. The largest absolute Gasteiger partial charge is 0.355 e. The Morgan fingerprint density at radius 2 is 2.00 bits per heavy atom. The van der Waals surface area contributed by atoms with Gasteiger partial charge in [0.1, 0.15) is 11.6 Å². The monoisotopic (exact) mass is 595 g/mol. The van der Waals surface area contributed by atoms with Crippen LogP contribution in [0.5, 0.6) is 0 Å². The van der Waals surface area contributed by atoms with Gasteiger partial charge >= 0.3 is 0 Å². The molecule has 1 amide bonds. The van der Waals surface area contributed by atoms with Crippen LogP contribution in [0.4, 0.5) is 8.78 Å². The SMILES string of the molecule is C=CC(C)(C)CC1NC(C(=O)NCCC2COC(C)(C)O2)C(c2cccc(Cl)c2F)C1(N)c1ccc(Cl)cc1F. The molecule has 4 N–H and O–H groups in total. The third kappa shape index (κ3) is 6.22. The summed E-state index contributed by atoms with van der Waals surface area (Å²) in [5, 5.41) is 6.36. The molecule has 2 aliphatic rings. The van der Waals surface area contributed by atoms with E-state index in [0.717, 1.165) is 0 Å². The summed E-state index contributed by atoms with van der Waals surface area (Å²) >= 11 is 12.3. The first-order valence-electron chi connectivity index (χ1n) is 13.4. The second kappa shape index (κ2) is 11.7. The number of amides is 1. The van der Waals surface area contributed by atoms with Gasteiger partial charge in [-0.25, -0.2) is 8.78 Å². The Balaban J connectivity index is 1.75. The second-order valence-electron chi connectivity index (χ2n) is 11.8. The molecule has 0 radical (unpaired) electrons. The van der Waals surface area contributed by atoms with E-state index < -0.39 is 52.3 Å². The number of nitrogens with one attached hydrogen (secondary N) is 2. The third-order valence-corrected chi connectivity index (χ3v) is 8.44. The minimum Gasteiger partial charge on any atom is -0.355 e. The average molecular weight is 597 g/mol. The maximum atomic E-state index is 15.7. The fourth-order valence-electron chi connectivity index (χ4n) is 5.77. The zero-order chi connectivity index (χ0) is 29.5. The molecule has 0 bridgehead atoms. The van der Waals surface area contributed by atoms with E-state index in [1.807, 2.05) is 27.7 Å². The molecule has 2 saturated heterocycles. The number of carbonyl (C=O) groups is 1. The number of ether oxygens (including phenoxy) is 2. The highest BCUT2D eigenvalue weighted by atomic mass is 35.5. The number of allylic oxidation sites excluding steroid dienone is 1. The molecule has 0 aliphatic carbocycles. The zero-order valence-electron chi connectivity index (χ0n) is 23.2. The molecular formula is C30H37Cl2F2N3O3. The molecule has 2 fully saturated rings. The summed E-state index contributed by atoms with van der Waals surface area (Å²) in [4.78, 5) is 13.8. The van der Waals surface area contributed by atoms with Crippen molar-refractivity contribution in [3.63, 3.8) is 0 Å². The predicted molar refractivity (Wildman–Crippen MR) is 153 cm³/mol. The van der Waals surface area contributed by atoms with E-state index in [9.17, 15) is 4.79 Å². The van der Waals surface area contributed by atoms with Gasteiger partial charge in [0.15, 0.2) is 5.79 Å². The van der Waals surface area contributed by atoms with E-state index in [0.29, 0.717) is 26.0 Å². The molecule has 2 heterocycles. The smallest absolute Gasteiger partial charge is 0.237 e. The summed E-state index contributed by atoms with van der Waals surface area (Å²) in [7, 11) is 0. The number of halogens is 4. The summed E-state index contributed by atoms with van der Waals surface area (Å²) in [6.07, 6.45) is 2.51. The lowest BCUT2D eigenvalue weighted by molar-refractivity contribution is -0.138. The fraction of sp³-hybridized carbons (Fsp3) is 0.500. The summed E-state index contributed by atoms with van der Waals surface area (Å²) in [6, 6.07) is 7.10. The Labute approximate surface area is 244 Å². The summed E-state index contributed by atoms with van der Waals surface area (Å²) in [6.45, 7) is 12.2. The van der Waals surface area contributed by atoms with E-state index >= 15 is 8.78 Å². The van der Waals surface area contributed by atoms with Crippen molar-refractivity contribution in [2.24, 2.45) is 11.1 Å². The quantitative estimate of drug-likeness (QED) is 0.318. The molecule has 6 nitrogen and oxygen atoms in total. The lowest BCUT2D eigenvalue weighted by atomic mass is 9.68. The Morgan fingerprint density at radius 3 is 2.62 bits per heavy atom. The Hall–Kier alpha value is -2.07. The number of hydrogen-bond donors (Lipinski definition) is 3. The molecule has 40 heavy (non-hydrogen) atoms. The minimum atomic E-state index is -1.56. The van der Waals surface area contributed by atoms with Crippen molar-refractivity contribution < 1.29 is 23.0 Å². The maximum Gasteiger partial charge on any atom is 0.237 e. The van der Waals surface area contributed by atoms with E-state index in [1.54, 1.807) is 12.1 Å². The Bertz CT molecular complexity index is 1270. The van der Waals surface area contributed by atoms with E-state index in [2.05, 4.69) is 17.2 Å². The standard InChI is InChI=1S/C30H37Cl2F2N3O3/c1-6-28(2,3)15-23-30(35,20-11-10-17(31)14-22(20)33)24(19-8-7-9-21(32)25(19)34)26(37-23)27(38)36-13-12-18-16-39-29(4,5)40-18/h6-11,14,18,23-24,26,37H,1,12-13,15-16,35H2,2-5H3,(H,36,38). The molecule has 5 unspecified atom stereocenters. The molecule has 4 rings (SSSR count). The van der Waals surface area contributed by atoms with Gasteiger partial charge in [0.2, 0.25) is 5.91 Å². The van der Waals surface area contributed by atoms with Gasteiger partial charge in [0.25, 0.3) is 0 Å². The number of rotatable bonds is 9. The van der Waals surface area contributed by atoms with Crippen molar-refractivity contribution in [2.45, 2.75) is 76.0 Å². The van der Waals surface area contributed by atoms with Gasteiger partial charge in [-0.3, -0.25) is 4.79 Å². The molecule has 0 aromatic heterocycles. The maximum absolute atomic E-state index is 15.7. The fourth-order valence-corrected chi connectivity index (χ4v) is 6.11. The van der Waals surface area contributed by atoms with Crippen LogP contribution in [0.3, 0.4) is 0 Å². The molecule has 0 spiro atoms. The van der Waals surface area contributed by atoms with Crippen LogP contribution in [0.2, 0.25) is 10.0 Å². The van der Waals surface area contributed by atoms with Crippen LogP contribution in [0.25, 0.3) is 0 Å².